The van der Waals surface area contributed by atoms with Gasteiger partial charge in [0.2, 0.25) is 11.8 Å². The van der Waals surface area contributed by atoms with Crippen molar-refractivity contribution in [1.29, 1.82) is 0 Å². The molecule has 188 valence electrons. The first kappa shape index (κ1) is 25.3. The number of pyridine rings is 1. The molecular formula is C25H31ClFN5O3. The van der Waals surface area contributed by atoms with Crippen LogP contribution in [0.1, 0.15) is 28.5 Å². The lowest BCUT2D eigenvalue weighted by Crippen LogP contribution is -2.47. The molecule has 10 heteroatoms. The SMILES string of the molecule is CC1COc2nc(C(=O)NCCN3CCN(C)CC3)c(Cc3ccc(F)cc3)cc2N1C(=O)CCl. The topological polar surface area (TPSA) is 78.0 Å². The average molecular weight is 504 g/mol. The van der Waals surface area contributed by atoms with Crippen LogP contribution in [0, 0.1) is 5.82 Å². The first-order valence-corrected chi connectivity index (χ1v) is 12.4. The van der Waals surface area contributed by atoms with Gasteiger partial charge in [-0.25, -0.2) is 9.37 Å². The summed E-state index contributed by atoms with van der Waals surface area (Å²) in [5.41, 5.74) is 2.16. The second kappa shape index (κ2) is 11.3. The molecular weight excluding hydrogens is 473 g/mol. The van der Waals surface area contributed by atoms with E-state index in [1.54, 1.807) is 23.1 Å². The number of fused-ring (bicyclic) bond motifs is 1. The number of hydrogen-bond donors (Lipinski definition) is 1. The van der Waals surface area contributed by atoms with E-state index in [4.69, 9.17) is 16.3 Å². The second-order valence-corrected chi connectivity index (χ2v) is 9.35. The van der Waals surface area contributed by atoms with Crippen molar-refractivity contribution in [3.05, 3.63) is 53.0 Å². The number of halogens is 2. The van der Waals surface area contributed by atoms with Crippen LogP contribution in [0.25, 0.3) is 0 Å². The maximum absolute atomic E-state index is 13.4. The molecule has 1 fully saturated rings. The first-order chi connectivity index (χ1) is 16.9. The molecule has 2 amide bonds. The third kappa shape index (κ3) is 6.09. The lowest BCUT2D eigenvalue weighted by Gasteiger charge is -2.34. The minimum absolute atomic E-state index is 0.175. The van der Waals surface area contributed by atoms with E-state index in [9.17, 15) is 14.0 Å². The Labute approximate surface area is 210 Å². The molecule has 4 rings (SSSR count). The van der Waals surface area contributed by atoms with E-state index in [1.165, 1.54) is 12.1 Å². The summed E-state index contributed by atoms with van der Waals surface area (Å²) in [5, 5.41) is 2.98. The number of amides is 2. The molecule has 35 heavy (non-hydrogen) atoms. The van der Waals surface area contributed by atoms with Gasteiger partial charge in [0.25, 0.3) is 5.91 Å². The van der Waals surface area contributed by atoms with Crippen LogP contribution in [0.5, 0.6) is 5.88 Å². The fraction of sp³-hybridized carbons (Fsp3) is 0.480. The normalized spacial score (nSPS) is 18.6. The van der Waals surface area contributed by atoms with E-state index < -0.39 is 0 Å². The van der Waals surface area contributed by atoms with Crippen LogP contribution in [0.4, 0.5) is 10.1 Å². The minimum Gasteiger partial charge on any atom is -0.474 e. The largest absolute Gasteiger partial charge is 0.474 e. The summed E-state index contributed by atoms with van der Waals surface area (Å²) >= 11 is 5.85. The van der Waals surface area contributed by atoms with Gasteiger partial charge in [0.1, 0.15) is 29.7 Å². The van der Waals surface area contributed by atoms with Gasteiger partial charge in [-0.05, 0) is 49.7 Å². The number of likely N-dealkylation sites (N-methyl/N-ethyl adjacent to an activating group) is 1. The lowest BCUT2D eigenvalue weighted by atomic mass is 10.0. The molecule has 1 unspecified atom stereocenters. The predicted molar refractivity (Wildman–Crippen MR) is 133 cm³/mol. The van der Waals surface area contributed by atoms with Gasteiger partial charge in [0, 0.05) is 39.3 Å². The van der Waals surface area contributed by atoms with E-state index in [1.807, 2.05) is 6.92 Å². The summed E-state index contributed by atoms with van der Waals surface area (Å²) in [4.78, 5) is 36.5. The van der Waals surface area contributed by atoms with Crippen LogP contribution in [0.3, 0.4) is 0 Å². The number of nitrogens with one attached hydrogen (secondary N) is 1. The fourth-order valence-electron chi connectivity index (χ4n) is 4.40. The molecule has 0 bridgehead atoms. The highest BCUT2D eigenvalue weighted by Crippen LogP contribution is 2.35. The summed E-state index contributed by atoms with van der Waals surface area (Å²) < 4.78 is 19.2. The van der Waals surface area contributed by atoms with Gasteiger partial charge >= 0.3 is 0 Å². The highest BCUT2D eigenvalue weighted by atomic mass is 35.5. The zero-order valence-corrected chi connectivity index (χ0v) is 20.9. The molecule has 2 aliphatic heterocycles. The summed E-state index contributed by atoms with van der Waals surface area (Å²) in [5.74, 6) is -0.848. The number of hydrogen-bond acceptors (Lipinski definition) is 6. The predicted octanol–water partition coefficient (Wildman–Crippen LogP) is 2.14. The Morgan fingerprint density at radius 1 is 1.20 bits per heavy atom. The average Bonchev–Trinajstić information content (AvgIpc) is 2.85. The quantitative estimate of drug-likeness (QED) is 0.583. The van der Waals surface area contributed by atoms with Crippen LogP contribution in [-0.2, 0) is 11.2 Å². The number of piperazine rings is 1. The molecule has 1 saturated heterocycles. The third-order valence-electron chi connectivity index (χ3n) is 6.42. The van der Waals surface area contributed by atoms with Crippen molar-refractivity contribution in [2.24, 2.45) is 0 Å². The number of alkyl halides is 1. The molecule has 1 atom stereocenters. The van der Waals surface area contributed by atoms with Crippen molar-refractivity contribution in [3.8, 4) is 5.88 Å². The number of ether oxygens (including phenoxy) is 1. The van der Waals surface area contributed by atoms with Crippen molar-refractivity contribution in [2.45, 2.75) is 19.4 Å². The van der Waals surface area contributed by atoms with Crippen LogP contribution in [0.2, 0.25) is 0 Å². The maximum Gasteiger partial charge on any atom is 0.270 e. The second-order valence-electron chi connectivity index (χ2n) is 9.08. The smallest absolute Gasteiger partial charge is 0.270 e. The number of anilines is 1. The molecule has 1 aromatic carbocycles. The van der Waals surface area contributed by atoms with Crippen molar-refractivity contribution in [1.82, 2.24) is 20.1 Å². The Morgan fingerprint density at radius 2 is 1.91 bits per heavy atom. The molecule has 2 aromatic rings. The maximum atomic E-state index is 13.4. The Hall–Kier alpha value is -2.75. The third-order valence-corrected chi connectivity index (χ3v) is 6.65. The van der Waals surface area contributed by atoms with Crippen LogP contribution < -0.4 is 15.0 Å². The Bertz CT molecular complexity index is 1060. The minimum atomic E-state index is -0.333. The highest BCUT2D eigenvalue weighted by molar-refractivity contribution is 6.29. The van der Waals surface area contributed by atoms with Crippen LogP contribution in [-0.4, -0.2) is 91.4 Å². The number of benzene rings is 1. The van der Waals surface area contributed by atoms with Crippen molar-refractivity contribution in [3.63, 3.8) is 0 Å². The van der Waals surface area contributed by atoms with Gasteiger partial charge in [-0.3, -0.25) is 14.5 Å². The van der Waals surface area contributed by atoms with E-state index in [0.717, 1.165) is 38.3 Å². The molecule has 1 N–H and O–H groups in total. The van der Waals surface area contributed by atoms with Gasteiger partial charge in [-0.2, -0.15) is 0 Å². The van der Waals surface area contributed by atoms with E-state index in [-0.39, 0.29) is 47.7 Å². The van der Waals surface area contributed by atoms with Gasteiger partial charge < -0.3 is 19.9 Å². The molecule has 0 radical (unpaired) electrons. The highest BCUT2D eigenvalue weighted by Gasteiger charge is 2.32. The van der Waals surface area contributed by atoms with Gasteiger partial charge in [-0.15, -0.1) is 11.6 Å². The molecule has 0 spiro atoms. The molecule has 0 saturated carbocycles. The Kier molecular flexibility index (Phi) is 8.20. The van der Waals surface area contributed by atoms with Crippen LogP contribution >= 0.6 is 11.6 Å². The molecule has 3 heterocycles. The number of rotatable bonds is 7. The molecule has 0 aliphatic carbocycles. The van der Waals surface area contributed by atoms with Gasteiger partial charge in [0.15, 0.2) is 0 Å². The van der Waals surface area contributed by atoms with Crippen molar-refractivity contribution in [2.75, 3.05) is 63.7 Å². The number of nitrogens with zero attached hydrogens (tertiary/aromatic N) is 4. The zero-order chi connectivity index (χ0) is 24.9. The number of aromatic nitrogens is 1. The standard InChI is InChI=1S/C25H31ClFN5O3/c1-17-16-35-25-21(32(17)22(33)15-26)14-19(13-18-3-5-20(27)6-4-18)23(29-25)24(34)28-7-8-31-11-9-30(2)10-12-31/h3-6,14,17H,7-13,15-16H2,1-2H3,(H,28,34). The first-order valence-electron chi connectivity index (χ1n) is 11.8. The summed E-state index contributed by atoms with van der Waals surface area (Å²) in [6.45, 7) is 7.32. The monoisotopic (exact) mass is 503 g/mol. The van der Waals surface area contributed by atoms with Gasteiger partial charge in [0.05, 0.1) is 6.04 Å². The van der Waals surface area contributed by atoms with E-state index >= 15 is 0 Å². The van der Waals surface area contributed by atoms with E-state index in [0.29, 0.717) is 24.2 Å². The van der Waals surface area contributed by atoms with Crippen molar-refractivity contribution < 1.29 is 18.7 Å². The summed E-state index contributed by atoms with van der Waals surface area (Å²) in [7, 11) is 2.11. The Balaban J connectivity index is 1.58. The lowest BCUT2D eigenvalue weighted by molar-refractivity contribution is -0.117. The van der Waals surface area contributed by atoms with Crippen LogP contribution in [0.15, 0.2) is 30.3 Å². The zero-order valence-electron chi connectivity index (χ0n) is 20.1. The van der Waals surface area contributed by atoms with Crippen molar-refractivity contribution >= 4 is 29.1 Å². The number of carbonyl (C=O) groups is 2. The van der Waals surface area contributed by atoms with Gasteiger partial charge in [-0.1, -0.05) is 12.1 Å². The summed E-state index contributed by atoms with van der Waals surface area (Å²) in [6.07, 6.45) is 0.346. The fourth-order valence-corrected chi connectivity index (χ4v) is 4.53. The van der Waals surface area contributed by atoms with E-state index in [2.05, 4.69) is 27.1 Å². The molecule has 2 aliphatic rings. The Morgan fingerprint density at radius 3 is 2.60 bits per heavy atom. The molecule has 8 nitrogen and oxygen atoms in total. The summed E-state index contributed by atoms with van der Waals surface area (Å²) in [6, 6.07) is 7.64. The number of carbonyl (C=O) groups excluding carboxylic acids is 2. The molecule has 1 aromatic heterocycles.